The van der Waals surface area contributed by atoms with Gasteiger partial charge in [-0.05, 0) is 43.2 Å². The van der Waals surface area contributed by atoms with E-state index in [0.29, 0.717) is 24.4 Å². The molecule has 154 valence electrons. The Morgan fingerprint density at radius 3 is 2.76 bits per heavy atom. The van der Waals surface area contributed by atoms with E-state index >= 15 is 0 Å². The van der Waals surface area contributed by atoms with E-state index in [0.717, 1.165) is 23.9 Å². The lowest BCUT2D eigenvalue weighted by Gasteiger charge is -2.28. The maximum Gasteiger partial charge on any atom is 0.254 e. The molecule has 0 spiro atoms. The van der Waals surface area contributed by atoms with Gasteiger partial charge in [0.1, 0.15) is 12.3 Å². The Bertz CT molecular complexity index is 831. The number of nitrogens with zero attached hydrogens (tertiary/aromatic N) is 2. The number of halogens is 1. The van der Waals surface area contributed by atoms with Crippen molar-refractivity contribution in [2.45, 2.75) is 25.5 Å². The van der Waals surface area contributed by atoms with Gasteiger partial charge in [0.2, 0.25) is 5.91 Å². The molecule has 0 bridgehead atoms. The van der Waals surface area contributed by atoms with Gasteiger partial charge in [0, 0.05) is 29.7 Å². The number of ether oxygens (including phenoxy) is 1. The first kappa shape index (κ1) is 21.3. The van der Waals surface area contributed by atoms with E-state index in [4.69, 9.17) is 9.15 Å². The van der Waals surface area contributed by atoms with Gasteiger partial charge in [-0.3, -0.25) is 9.59 Å². The van der Waals surface area contributed by atoms with Gasteiger partial charge >= 0.3 is 0 Å². The molecule has 2 heterocycles. The van der Waals surface area contributed by atoms with Crippen LogP contribution in [0.5, 0.6) is 0 Å². The topological polar surface area (TPSA) is 63.0 Å². The fourth-order valence-corrected chi connectivity index (χ4v) is 3.72. The summed E-state index contributed by atoms with van der Waals surface area (Å²) < 4.78 is 11.9. The number of amides is 2. The maximum absolute atomic E-state index is 13.1. The van der Waals surface area contributed by atoms with Gasteiger partial charge in [-0.2, -0.15) is 0 Å². The Hall–Kier alpha value is -2.38. The van der Waals surface area contributed by atoms with Gasteiger partial charge in [0.25, 0.3) is 5.91 Å². The van der Waals surface area contributed by atoms with Crippen LogP contribution >= 0.6 is 15.9 Å². The van der Waals surface area contributed by atoms with Crippen LogP contribution in [-0.4, -0.2) is 54.0 Å². The van der Waals surface area contributed by atoms with Crippen LogP contribution in [0.1, 0.15) is 29.0 Å². The lowest BCUT2D eigenvalue weighted by Crippen LogP contribution is -2.45. The molecular weight excluding hydrogens is 436 g/mol. The van der Waals surface area contributed by atoms with Crippen molar-refractivity contribution in [2.24, 2.45) is 0 Å². The predicted octanol–water partition coefficient (Wildman–Crippen LogP) is 3.88. The number of furan rings is 1. The average Bonchev–Trinajstić information content (AvgIpc) is 3.41. The van der Waals surface area contributed by atoms with Crippen molar-refractivity contribution in [3.05, 3.63) is 71.1 Å². The standard InChI is InChI=1S/C22H25BrN2O4/c1-2-10-24(22(27)17-6-3-7-18(23)13-17)16-21(26)25(14-19-8-4-11-28-19)15-20-9-5-12-29-20/h2-4,6-8,11,13,20H,1,5,9-10,12,14-16H2. The van der Waals surface area contributed by atoms with Crippen molar-refractivity contribution >= 4 is 27.7 Å². The minimum absolute atomic E-state index is 0.0162. The molecule has 0 aliphatic carbocycles. The smallest absolute Gasteiger partial charge is 0.254 e. The lowest BCUT2D eigenvalue weighted by atomic mass is 10.2. The summed E-state index contributed by atoms with van der Waals surface area (Å²) in [5, 5.41) is 0. The maximum atomic E-state index is 13.1. The van der Waals surface area contributed by atoms with Crippen molar-refractivity contribution in [2.75, 3.05) is 26.2 Å². The summed E-state index contributed by atoms with van der Waals surface area (Å²) in [4.78, 5) is 29.3. The van der Waals surface area contributed by atoms with Gasteiger partial charge < -0.3 is 19.0 Å². The Morgan fingerprint density at radius 1 is 1.24 bits per heavy atom. The van der Waals surface area contributed by atoms with Crippen molar-refractivity contribution in [3.8, 4) is 0 Å². The number of rotatable bonds is 9. The van der Waals surface area contributed by atoms with Crippen molar-refractivity contribution in [3.63, 3.8) is 0 Å². The van der Waals surface area contributed by atoms with E-state index < -0.39 is 0 Å². The summed E-state index contributed by atoms with van der Waals surface area (Å²) in [6, 6.07) is 10.8. The molecule has 0 saturated carbocycles. The Morgan fingerprint density at radius 2 is 2.10 bits per heavy atom. The molecule has 1 atom stereocenters. The van der Waals surface area contributed by atoms with E-state index in [1.54, 1.807) is 41.5 Å². The highest BCUT2D eigenvalue weighted by molar-refractivity contribution is 9.10. The SMILES string of the molecule is C=CCN(CC(=O)N(Cc1ccco1)CC1CCCO1)C(=O)c1cccc(Br)c1. The molecule has 2 aromatic rings. The summed E-state index contributed by atoms with van der Waals surface area (Å²) in [5.74, 6) is 0.335. The predicted molar refractivity (Wildman–Crippen MR) is 113 cm³/mol. The third-order valence-electron chi connectivity index (χ3n) is 4.76. The Kier molecular flexibility index (Phi) is 7.66. The second-order valence-electron chi connectivity index (χ2n) is 6.97. The molecule has 1 fully saturated rings. The summed E-state index contributed by atoms with van der Waals surface area (Å²) in [5.41, 5.74) is 0.519. The van der Waals surface area contributed by atoms with Gasteiger partial charge in [-0.25, -0.2) is 0 Å². The van der Waals surface area contributed by atoms with Crippen LogP contribution in [0.2, 0.25) is 0 Å². The van der Waals surface area contributed by atoms with Crippen LogP contribution in [0.15, 0.2) is 64.2 Å². The molecule has 7 heteroatoms. The summed E-state index contributed by atoms with van der Waals surface area (Å²) >= 11 is 3.38. The lowest BCUT2D eigenvalue weighted by molar-refractivity contribution is -0.134. The highest BCUT2D eigenvalue weighted by atomic mass is 79.9. The van der Waals surface area contributed by atoms with E-state index in [2.05, 4.69) is 22.5 Å². The molecule has 1 aromatic carbocycles. The van der Waals surface area contributed by atoms with Crippen LogP contribution in [-0.2, 0) is 16.1 Å². The average molecular weight is 461 g/mol. The summed E-state index contributed by atoms with van der Waals surface area (Å²) in [6.45, 7) is 5.52. The first-order chi connectivity index (χ1) is 14.1. The Balaban J connectivity index is 1.73. The van der Waals surface area contributed by atoms with Crippen molar-refractivity contribution in [1.82, 2.24) is 9.80 Å². The highest BCUT2D eigenvalue weighted by Gasteiger charge is 2.26. The second-order valence-corrected chi connectivity index (χ2v) is 7.89. The monoisotopic (exact) mass is 460 g/mol. The van der Waals surface area contributed by atoms with Crippen LogP contribution in [0.25, 0.3) is 0 Å². The minimum Gasteiger partial charge on any atom is -0.467 e. The van der Waals surface area contributed by atoms with E-state index in [-0.39, 0.29) is 31.0 Å². The zero-order valence-electron chi connectivity index (χ0n) is 16.3. The summed E-state index contributed by atoms with van der Waals surface area (Å²) in [7, 11) is 0. The molecule has 1 unspecified atom stereocenters. The molecule has 0 radical (unpaired) electrons. The van der Waals surface area contributed by atoms with E-state index in [1.807, 2.05) is 12.1 Å². The fourth-order valence-electron chi connectivity index (χ4n) is 3.32. The minimum atomic E-state index is -0.213. The molecule has 3 rings (SSSR count). The van der Waals surface area contributed by atoms with Gasteiger partial charge in [-0.1, -0.05) is 28.1 Å². The molecule has 0 N–H and O–H groups in total. The van der Waals surface area contributed by atoms with Gasteiger partial charge in [0.15, 0.2) is 0 Å². The van der Waals surface area contributed by atoms with Crippen LogP contribution in [0.4, 0.5) is 0 Å². The zero-order chi connectivity index (χ0) is 20.6. The molecule has 1 aliphatic rings. The van der Waals surface area contributed by atoms with E-state index in [9.17, 15) is 9.59 Å². The van der Waals surface area contributed by atoms with Crippen molar-refractivity contribution in [1.29, 1.82) is 0 Å². The van der Waals surface area contributed by atoms with Crippen molar-refractivity contribution < 1.29 is 18.7 Å². The second kappa shape index (κ2) is 10.4. The van der Waals surface area contributed by atoms with E-state index in [1.165, 1.54) is 4.90 Å². The van der Waals surface area contributed by atoms with Gasteiger partial charge in [-0.15, -0.1) is 6.58 Å². The fraction of sp³-hybridized carbons (Fsp3) is 0.364. The first-order valence-electron chi connectivity index (χ1n) is 9.64. The molecule has 29 heavy (non-hydrogen) atoms. The van der Waals surface area contributed by atoms with Crippen LogP contribution < -0.4 is 0 Å². The number of carbonyl (C=O) groups is 2. The summed E-state index contributed by atoms with van der Waals surface area (Å²) in [6.07, 6.45) is 5.15. The number of carbonyl (C=O) groups excluding carboxylic acids is 2. The van der Waals surface area contributed by atoms with Crippen LogP contribution in [0, 0.1) is 0 Å². The molecule has 6 nitrogen and oxygen atoms in total. The third-order valence-corrected chi connectivity index (χ3v) is 5.26. The quantitative estimate of drug-likeness (QED) is 0.532. The number of benzene rings is 1. The number of hydrogen-bond acceptors (Lipinski definition) is 4. The molecule has 2 amide bonds. The first-order valence-corrected chi connectivity index (χ1v) is 10.4. The molecular formula is C22H25BrN2O4. The normalized spacial score (nSPS) is 15.8. The van der Waals surface area contributed by atoms with Gasteiger partial charge in [0.05, 0.1) is 18.9 Å². The highest BCUT2D eigenvalue weighted by Crippen LogP contribution is 2.17. The zero-order valence-corrected chi connectivity index (χ0v) is 17.8. The van der Waals surface area contributed by atoms with Crippen LogP contribution in [0.3, 0.4) is 0 Å². The third kappa shape index (κ3) is 6.05. The largest absolute Gasteiger partial charge is 0.467 e. The Labute approximate surface area is 179 Å². The molecule has 1 aliphatic heterocycles. The molecule has 1 aromatic heterocycles. The number of hydrogen-bond donors (Lipinski definition) is 0. The molecule has 1 saturated heterocycles.